The molecule has 0 aliphatic carbocycles. The Morgan fingerprint density at radius 3 is 2.38 bits per heavy atom. The Balaban J connectivity index is 2.23. The van der Waals surface area contributed by atoms with E-state index in [0.717, 1.165) is 22.7 Å². The van der Waals surface area contributed by atoms with Gasteiger partial charge in [-0.15, -0.1) is 0 Å². The second-order valence-electron chi connectivity index (χ2n) is 3.28. The van der Waals surface area contributed by atoms with Crippen LogP contribution in [0.4, 0.5) is 0 Å². The van der Waals surface area contributed by atoms with Gasteiger partial charge in [-0.2, -0.15) is 12.6 Å². The molecule has 1 aromatic heterocycles. The lowest BCUT2D eigenvalue weighted by molar-refractivity contribution is 1.18. The monoisotopic (exact) mass is 228 g/mol. The summed E-state index contributed by atoms with van der Waals surface area (Å²) in [6.45, 7) is 0. The third-order valence-electron chi connectivity index (χ3n) is 2.15. The Labute approximate surface area is 100 Å². The van der Waals surface area contributed by atoms with E-state index in [9.17, 15) is 0 Å². The first-order valence-electron chi connectivity index (χ1n) is 5.05. The average molecular weight is 228 g/mol. The molecule has 0 fully saturated rings. The van der Waals surface area contributed by atoms with E-state index in [1.807, 2.05) is 42.5 Å². The van der Waals surface area contributed by atoms with Gasteiger partial charge in [0.05, 0.1) is 0 Å². The van der Waals surface area contributed by atoms with Crippen LogP contribution in [0.1, 0.15) is 5.56 Å². The second-order valence-corrected chi connectivity index (χ2v) is 3.64. The van der Waals surface area contributed by atoms with E-state index in [1.165, 1.54) is 0 Å². The van der Waals surface area contributed by atoms with Crippen LogP contribution < -0.4 is 0 Å². The van der Waals surface area contributed by atoms with E-state index in [4.69, 9.17) is 0 Å². The van der Waals surface area contributed by atoms with Crippen LogP contribution in [-0.4, -0.2) is 15.7 Å². The summed E-state index contributed by atoms with van der Waals surface area (Å²) in [5.74, 6) is 1.51. The molecule has 0 amide bonds. The molecule has 2 aromatic rings. The molecule has 0 bridgehead atoms. The molecule has 2 nitrogen and oxygen atoms in total. The quantitative estimate of drug-likeness (QED) is 0.817. The van der Waals surface area contributed by atoms with Crippen LogP contribution in [0.2, 0.25) is 0 Å². The maximum atomic E-state index is 4.20. The Morgan fingerprint density at radius 2 is 1.75 bits per heavy atom. The van der Waals surface area contributed by atoms with Crippen molar-refractivity contribution in [3.05, 3.63) is 54.4 Å². The highest BCUT2D eigenvalue weighted by atomic mass is 32.1. The minimum absolute atomic E-state index is 0.754. The molecule has 0 aliphatic heterocycles. The van der Waals surface area contributed by atoms with Gasteiger partial charge in [-0.25, -0.2) is 9.97 Å². The lowest BCUT2D eigenvalue weighted by atomic mass is 10.1. The Kier molecular flexibility index (Phi) is 3.72. The molecule has 0 radical (unpaired) electrons. The summed E-state index contributed by atoms with van der Waals surface area (Å²) < 4.78 is 0. The Bertz CT molecular complexity index is 463. The molecular weight excluding hydrogens is 216 g/mol. The van der Waals surface area contributed by atoms with Gasteiger partial charge >= 0.3 is 0 Å². The first-order chi connectivity index (χ1) is 7.90. The standard InChI is InChI=1S/C13H12N2S/c16-10-1-3-11-4-6-12(7-5-11)13-14-8-2-9-15-13/h1-9,16H,10H2/b3-1+. The van der Waals surface area contributed by atoms with Gasteiger partial charge in [-0.1, -0.05) is 36.4 Å². The van der Waals surface area contributed by atoms with Gasteiger partial charge in [0.2, 0.25) is 0 Å². The van der Waals surface area contributed by atoms with Gasteiger partial charge in [-0.05, 0) is 11.6 Å². The largest absolute Gasteiger partial charge is 0.237 e. The molecule has 2 rings (SSSR count). The van der Waals surface area contributed by atoms with Crippen molar-refractivity contribution >= 4 is 18.7 Å². The van der Waals surface area contributed by atoms with Crippen LogP contribution in [0.25, 0.3) is 17.5 Å². The van der Waals surface area contributed by atoms with Crippen molar-refractivity contribution in [3.63, 3.8) is 0 Å². The van der Waals surface area contributed by atoms with Gasteiger partial charge in [0.1, 0.15) is 0 Å². The van der Waals surface area contributed by atoms with Crippen molar-refractivity contribution < 1.29 is 0 Å². The zero-order valence-electron chi connectivity index (χ0n) is 8.74. The molecule has 0 unspecified atom stereocenters. The van der Waals surface area contributed by atoms with Crippen LogP contribution >= 0.6 is 12.6 Å². The highest BCUT2D eigenvalue weighted by molar-refractivity contribution is 7.80. The summed E-state index contributed by atoms with van der Waals surface area (Å²) in [7, 11) is 0. The molecule has 0 saturated carbocycles. The molecule has 0 N–H and O–H groups in total. The minimum atomic E-state index is 0.754. The Hall–Kier alpha value is -1.61. The molecule has 3 heteroatoms. The normalized spacial score (nSPS) is 10.8. The summed E-state index contributed by atoms with van der Waals surface area (Å²) in [5, 5.41) is 0. The first-order valence-corrected chi connectivity index (χ1v) is 5.68. The van der Waals surface area contributed by atoms with Crippen LogP contribution in [0.5, 0.6) is 0 Å². The molecule has 16 heavy (non-hydrogen) atoms. The molecule has 1 heterocycles. The van der Waals surface area contributed by atoms with Crippen LogP contribution in [0.15, 0.2) is 48.8 Å². The van der Waals surface area contributed by atoms with E-state index in [0.29, 0.717) is 0 Å². The highest BCUT2D eigenvalue weighted by Gasteiger charge is 1.98. The molecule has 0 spiro atoms. The van der Waals surface area contributed by atoms with Crippen molar-refractivity contribution in [1.29, 1.82) is 0 Å². The summed E-state index contributed by atoms with van der Waals surface area (Å²) in [5.41, 5.74) is 2.19. The summed E-state index contributed by atoms with van der Waals surface area (Å²) in [4.78, 5) is 8.40. The van der Waals surface area contributed by atoms with E-state index < -0.39 is 0 Å². The zero-order valence-corrected chi connectivity index (χ0v) is 9.64. The topological polar surface area (TPSA) is 25.8 Å². The van der Waals surface area contributed by atoms with Crippen LogP contribution in [-0.2, 0) is 0 Å². The SMILES string of the molecule is SC/C=C/c1ccc(-c2ncccn2)cc1. The van der Waals surface area contributed by atoms with Crippen LogP contribution in [0.3, 0.4) is 0 Å². The van der Waals surface area contributed by atoms with Crippen LogP contribution in [0, 0.1) is 0 Å². The van der Waals surface area contributed by atoms with Gasteiger partial charge in [0.15, 0.2) is 5.82 Å². The fourth-order valence-electron chi connectivity index (χ4n) is 1.38. The number of benzene rings is 1. The Morgan fingerprint density at radius 1 is 1.06 bits per heavy atom. The minimum Gasteiger partial charge on any atom is -0.237 e. The summed E-state index contributed by atoms with van der Waals surface area (Å²) in [6.07, 6.45) is 7.55. The molecule has 0 saturated heterocycles. The number of thiol groups is 1. The second kappa shape index (κ2) is 5.47. The number of hydrogen-bond acceptors (Lipinski definition) is 3. The molecule has 0 aliphatic rings. The summed E-state index contributed by atoms with van der Waals surface area (Å²) in [6, 6.07) is 9.95. The third-order valence-corrected chi connectivity index (χ3v) is 2.36. The number of aromatic nitrogens is 2. The van der Waals surface area contributed by atoms with E-state index in [-0.39, 0.29) is 0 Å². The lowest BCUT2D eigenvalue weighted by Crippen LogP contribution is -1.86. The zero-order chi connectivity index (χ0) is 11.2. The van der Waals surface area contributed by atoms with Gasteiger partial charge < -0.3 is 0 Å². The van der Waals surface area contributed by atoms with E-state index >= 15 is 0 Å². The third kappa shape index (κ3) is 2.70. The van der Waals surface area contributed by atoms with Gasteiger partial charge in [-0.3, -0.25) is 0 Å². The number of hydrogen-bond donors (Lipinski definition) is 1. The number of nitrogens with zero attached hydrogens (tertiary/aromatic N) is 2. The fourth-order valence-corrected chi connectivity index (χ4v) is 1.49. The van der Waals surface area contributed by atoms with Gasteiger partial charge in [0, 0.05) is 23.7 Å². The van der Waals surface area contributed by atoms with E-state index in [1.54, 1.807) is 12.4 Å². The maximum absolute atomic E-state index is 4.20. The number of rotatable bonds is 3. The van der Waals surface area contributed by atoms with Gasteiger partial charge in [0.25, 0.3) is 0 Å². The molecule has 0 atom stereocenters. The average Bonchev–Trinajstić information content (AvgIpc) is 2.38. The van der Waals surface area contributed by atoms with Crippen molar-refractivity contribution in [2.24, 2.45) is 0 Å². The van der Waals surface area contributed by atoms with Crippen molar-refractivity contribution in [2.45, 2.75) is 0 Å². The maximum Gasteiger partial charge on any atom is 0.159 e. The predicted molar refractivity (Wildman–Crippen MR) is 70.4 cm³/mol. The fraction of sp³-hybridized carbons (Fsp3) is 0.0769. The highest BCUT2D eigenvalue weighted by Crippen LogP contribution is 2.15. The van der Waals surface area contributed by atoms with Crippen molar-refractivity contribution in [1.82, 2.24) is 9.97 Å². The van der Waals surface area contributed by atoms with E-state index in [2.05, 4.69) is 22.6 Å². The summed E-state index contributed by atoms with van der Waals surface area (Å²) >= 11 is 4.12. The van der Waals surface area contributed by atoms with Crippen molar-refractivity contribution in [2.75, 3.05) is 5.75 Å². The molecule has 80 valence electrons. The predicted octanol–water partition coefficient (Wildman–Crippen LogP) is 3.09. The molecule has 1 aromatic carbocycles. The smallest absolute Gasteiger partial charge is 0.159 e. The molecular formula is C13H12N2S. The van der Waals surface area contributed by atoms with Crippen molar-refractivity contribution in [3.8, 4) is 11.4 Å². The lowest BCUT2D eigenvalue weighted by Gasteiger charge is -1.99. The first kappa shape index (κ1) is 10.9.